The highest BCUT2D eigenvalue weighted by Crippen LogP contribution is 2.12. The van der Waals surface area contributed by atoms with Gasteiger partial charge in [0.25, 0.3) is 0 Å². The standard InChI is InChI=1S/C15H18F3N5.HI/c1-10-7-11(3-4-12(10)16)8-21-15(19-2)22-9-13-20-5-6-23(13)14(17)18;/h3-7,14H,8-9H2,1-2H3,(H2,19,21,22);1H. The molecule has 0 saturated carbocycles. The lowest BCUT2D eigenvalue weighted by Gasteiger charge is -2.13. The maximum atomic E-state index is 13.2. The number of imidazole rings is 1. The Hall–Kier alpha value is -1.78. The van der Waals surface area contributed by atoms with Crippen molar-refractivity contribution in [3.63, 3.8) is 0 Å². The van der Waals surface area contributed by atoms with Crippen molar-refractivity contribution in [1.29, 1.82) is 0 Å². The smallest absolute Gasteiger partial charge is 0.319 e. The second-order valence-corrected chi connectivity index (χ2v) is 4.89. The summed E-state index contributed by atoms with van der Waals surface area (Å²) in [5.74, 6) is 0.395. The van der Waals surface area contributed by atoms with Gasteiger partial charge in [0.1, 0.15) is 11.6 Å². The number of rotatable bonds is 5. The first-order valence-electron chi connectivity index (χ1n) is 7.00. The predicted octanol–water partition coefficient (Wildman–Crippen LogP) is 3.21. The number of guanidine groups is 1. The third-order valence-electron chi connectivity index (χ3n) is 3.28. The van der Waals surface area contributed by atoms with Crippen molar-refractivity contribution in [2.45, 2.75) is 26.6 Å². The molecule has 132 valence electrons. The quantitative estimate of drug-likeness (QED) is 0.416. The van der Waals surface area contributed by atoms with Gasteiger partial charge in [-0.25, -0.2) is 9.37 Å². The molecule has 0 atom stereocenters. The molecule has 0 amide bonds. The predicted molar refractivity (Wildman–Crippen MR) is 97.1 cm³/mol. The van der Waals surface area contributed by atoms with Crippen LogP contribution in [0, 0.1) is 12.7 Å². The first-order valence-corrected chi connectivity index (χ1v) is 7.00. The molecule has 0 radical (unpaired) electrons. The van der Waals surface area contributed by atoms with Gasteiger partial charge in [0.15, 0.2) is 5.96 Å². The second-order valence-electron chi connectivity index (χ2n) is 4.89. The number of aromatic nitrogens is 2. The average molecular weight is 453 g/mol. The molecule has 1 heterocycles. The van der Waals surface area contributed by atoms with Crippen LogP contribution in [0.15, 0.2) is 35.6 Å². The fourth-order valence-electron chi connectivity index (χ4n) is 2.04. The van der Waals surface area contributed by atoms with E-state index in [2.05, 4.69) is 20.6 Å². The number of halogens is 4. The Morgan fingerprint density at radius 3 is 2.62 bits per heavy atom. The van der Waals surface area contributed by atoms with E-state index in [1.807, 2.05) is 0 Å². The molecule has 2 aromatic rings. The Kier molecular flexibility index (Phi) is 8.02. The first-order chi connectivity index (χ1) is 11.0. The molecule has 2 N–H and O–H groups in total. The third-order valence-corrected chi connectivity index (χ3v) is 3.28. The van der Waals surface area contributed by atoms with Gasteiger partial charge in [-0.15, -0.1) is 24.0 Å². The van der Waals surface area contributed by atoms with E-state index in [1.165, 1.54) is 18.5 Å². The van der Waals surface area contributed by atoms with E-state index >= 15 is 0 Å². The summed E-state index contributed by atoms with van der Waals surface area (Å²) in [5, 5.41) is 5.95. The van der Waals surface area contributed by atoms with E-state index in [9.17, 15) is 13.2 Å². The Morgan fingerprint density at radius 1 is 1.29 bits per heavy atom. The van der Waals surface area contributed by atoms with Crippen LogP contribution in [0.2, 0.25) is 0 Å². The fraction of sp³-hybridized carbons (Fsp3) is 0.333. The van der Waals surface area contributed by atoms with Crippen LogP contribution >= 0.6 is 24.0 Å². The number of hydrogen-bond acceptors (Lipinski definition) is 2. The Balaban J connectivity index is 0.00000288. The minimum absolute atomic E-state index is 0. The molecule has 1 aromatic carbocycles. The summed E-state index contributed by atoms with van der Waals surface area (Å²) in [7, 11) is 1.57. The van der Waals surface area contributed by atoms with E-state index in [0.717, 1.165) is 10.1 Å². The van der Waals surface area contributed by atoms with Gasteiger partial charge in [-0.05, 0) is 24.1 Å². The molecule has 1 aromatic heterocycles. The molecular weight excluding hydrogens is 434 g/mol. The van der Waals surface area contributed by atoms with Crippen LogP contribution in [0.3, 0.4) is 0 Å². The summed E-state index contributed by atoms with van der Waals surface area (Å²) in [5.41, 5.74) is 1.45. The van der Waals surface area contributed by atoms with Gasteiger partial charge in [-0.1, -0.05) is 12.1 Å². The number of aliphatic imine (C=N–C) groups is 1. The van der Waals surface area contributed by atoms with E-state index < -0.39 is 6.55 Å². The summed E-state index contributed by atoms with van der Waals surface area (Å²) in [4.78, 5) is 7.89. The van der Waals surface area contributed by atoms with Crippen molar-refractivity contribution in [1.82, 2.24) is 20.2 Å². The van der Waals surface area contributed by atoms with Crippen molar-refractivity contribution in [2.24, 2.45) is 4.99 Å². The van der Waals surface area contributed by atoms with Crippen molar-refractivity contribution in [3.8, 4) is 0 Å². The molecule has 0 saturated heterocycles. The van der Waals surface area contributed by atoms with Crippen LogP contribution in [-0.2, 0) is 13.1 Å². The maximum Gasteiger partial charge on any atom is 0.319 e. The first kappa shape index (κ1) is 20.3. The Morgan fingerprint density at radius 2 is 2.00 bits per heavy atom. The zero-order valence-electron chi connectivity index (χ0n) is 13.3. The summed E-state index contributed by atoms with van der Waals surface area (Å²) in [6.45, 7) is -0.397. The molecule has 0 fully saturated rings. The minimum atomic E-state index is -2.63. The van der Waals surface area contributed by atoms with Gasteiger partial charge in [0, 0.05) is 26.0 Å². The van der Waals surface area contributed by atoms with Gasteiger partial charge >= 0.3 is 6.55 Å². The third kappa shape index (κ3) is 5.39. The maximum absolute atomic E-state index is 13.2. The highest BCUT2D eigenvalue weighted by atomic mass is 127. The van der Waals surface area contributed by atoms with Gasteiger partial charge in [0.05, 0.1) is 6.54 Å². The van der Waals surface area contributed by atoms with Gasteiger partial charge in [-0.3, -0.25) is 9.56 Å². The highest BCUT2D eigenvalue weighted by molar-refractivity contribution is 14.0. The molecule has 9 heteroatoms. The van der Waals surface area contributed by atoms with E-state index in [4.69, 9.17) is 0 Å². The summed E-state index contributed by atoms with van der Waals surface area (Å²) in [6, 6.07) is 4.81. The summed E-state index contributed by atoms with van der Waals surface area (Å²) < 4.78 is 39.5. The number of benzene rings is 1. The Labute approximate surface area is 155 Å². The van der Waals surface area contributed by atoms with Crippen LogP contribution < -0.4 is 10.6 Å². The number of alkyl halides is 2. The summed E-state index contributed by atoms with van der Waals surface area (Å²) in [6.07, 6.45) is 2.54. The lowest BCUT2D eigenvalue weighted by atomic mass is 10.1. The molecule has 0 unspecified atom stereocenters. The molecular formula is C15H19F3IN5. The van der Waals surface area contributed by atoms with Crippen LogP contribution in [0.1, 0.15) is 23.5 Å². The zero-order chi connectivity index (χ0) is 16.8. The molecule has 5 nitrogen and oxygen atoms in total. The molecule has 0 spiro atoms. The highest BCUT2D eigenvalue weighted by Gasteiger charge is 2.11. The van der Waals surface area contributed by atoms with Gasteiger partial charge < -0.3 is 10.6 Å². The lowest BCUT2D eigenvalue weighted by Crippen LogP contribution is -2.37. The van der Waals surface area contributed by atoms with Crippen molar-refractivity contribution < 1.29 is 13.2 Å². The van der Waals surface area contributed by atoms with Crippen LogP contribution in [0.25, 0.3) is 0 Å². The van der Waals surface area contributed by atoms with E-state index in [-0.39, 0.29) is 42.2 Å². The van der Waals surface area contributed by atoms with Crippen molar-refractivity contribution in [2.75, 3.05) is 7.05 Å². The monoisotopic (exact) mass is 453 g/mol. The zero-order valence-corrected chi connectivity index (χ0v) is 15.6. The molecule has 0 bridgehead atoms. The van der Waals surface area contributed by atoms with Crippen molar-refractivity contribution in [3.05, 3.63) is 53.4 Å². The number of hydrogen-bond donors (Lipinski definition) is 2. The number of nitrogens with one attached hydrogen (secondary N) is 2. The largest absolute Gasteiger partial charge is 0.352 e. The average Bonchev–Trinajstić information content (AvgIpc) is 2.99. The van der Waals surface area contributed by atoms with Crippen molar-refractivity contribution >= 4 is 29.9 Å². The normalized spacial score (nSPS) is 11.3. The number of nitrogens with zero attached hydrogens (tertiary/aromatic N) is 3. The molecule has 0 aliphatic rings. The fourth-order valence-corrected chi connectivity index (χ4v) is 2.04. The molecule has 2 rings (SSSR count). The molecule has 24 heavy (non-hydrogen) atoms. The number of aryl methyl sites for hydroxylation is 1. The van der Waals surface area contributed by atoms with Gasteiger partial charge in [-0.2, -0.15) is 8.78 Å². The Bertz CT molecular complexity index is 687. The summed E-state index contributed by atoms with van der Waals surface area (Å²) >= 11 is 0. The molecule has 0 aliphatic heterocycles. The van der Waals surface area contributed by atoms with Crippen LogP contribution in [0.5, 0.6) is 0 Å². The van der Waals surface area contributed by atoms with Crippen LogP contribution in [-0.4, -0.2) is 22.6 Å². The van der Waals surface area contributed by atoms with E-state index in [0.29, 0.717) is 18.1 Å². The van der Waals surface area contributed by atoms with Crippen LogP contribution in [0.4, 0.5) is 13.2 Å². The second kappa shape index (κ2) is 9.50. The minimum Gasteiger partial charge on any atom is -0.352 e. The lowest BCUT2D eigenvalue weighted by molar-refractivity contribution is 0.0668. The molecule has 0 aliphatic carbocycles. The van der Waals surface area contributed by atoms with Gasteiger partial charge in [0.2, 0.25) is 0 Å². The van der Waals surface area contributed by atoms with E-state index in [1.54, 1.807) is 26.1 Å². The topological polar surface area (TPSA) is 54.2 Å². The SMILES string of the molecule is CN=C(NCc1ccc(F)c(C)c1)NCc1nccn1C(F)F.I.